The number of fused-ring (bicyclic) bond motifs is 1. The molecular weight excluding hydrogens is 429 g/mol. The van der Waals surface area contributed by atoms with Crippen molar-refractivity contribution in [3.63, 3.8) is 0 Å². The number of hydrogen-bond donors (Lipinski definition) is 2. The molecule has 140 valence electrons. The van der Waals surface area contributed by atoms with Crippen LogP contribution in [0.4, 0.5) is 10.9 Å². The van der Waals surface area contributed by atoms with Crippen molar-refractivity contribution in [2.45, 2.75) is 11.0 Å². The average molecular weight is 443 g/mol. The first-order valence-corrected chi connectivity index (χ1v) is 10.2. The molecule has 2 N–H and O–H groups in total. The summed E-state index contributed by atoms with van der Waals surface area (Å²) < 4.78 is 0.946. The zero-order valence-corrected chi connectivity index (χ0v) is 16.9. The van der Waals surface area contributed by atoms with E-state index in [2.05, 4.69) is 20.6 Å². The number of nitrogens with zero attached hydrogens (tertiary/aromatic N) is 3. The first kappa shape index (κ1) is 18.7. The summed E-state index contributed by atoms with van der Waals surface area (Å²) in [5.41, 5.74) is 0.0758. The number of amides is 1. The fourth-order valence-electron chi connectivity index (χ4n) is 2.80. The van der Waals surface area contributed by atoms with E-state index in [9.17, 15) is 4.79 Å². The molecule has 27 heavy (non-hydrogen) atoms. The van der Waals surface area contributed by atoms with Gasteiger partial charge in [0, 0.05) is 24.3 Å². The van der Waals surface area contributed by atoms with Gasteiger partial charge in [-0.25, -0.2) is 9.97 Å². The van der Waals surface area contributed by atoms with Gasteiger partial charge in [0.1, 0.15) is 16.8 Å². The molecule has 10 heteroatoms. The van der Waals surface area contributed by atoms with Crippen LogP contribution in [-0.4, -0.2) is 44.9 Å². The van der Waals surface area contributed by atoms with E-state index in [-0.39, 0.29) is 5.91 Å². The van der Waals surface area contributed by atoms with E-state index in [1.807, 2.05) is 12.1 Å². The van der Waals surface area contributed by atoms with Crippen molar-refractivity contribution in [2.24, 2.45) is 0 Å². The Kier molecular flexibility index (Phi) is 5.39. The molecule has 2 unspecified atom stereocenters. The van der Waals surface area contributed by atoms with Crippen molar-refractivity contribution < 1.29 is 4.79 Å². The van der Waals surface area contributed by atoms with Gasteiger partial charge in [-0.3, -0.25) is 10.1 Å². The highest BCUT2D eigenvalue weighted by atomic mass is 35.5. The van der Waals surface area contributed by atoms with Crippen molar-refractivity contribution in [1.29, 1.82) is 0 Å². The number of alkyl halides is 2. The molecule has 0 spiro atoms. The Hall–Kier alpha value is -1.64. The molecule has 3 heterocycles. The molecule has 1 aliphatic heterocycles. The van der Waals surface area contributed by atoms with Crippen LogP contribution in [0.2, 0.25) is 5.02 Å². The summed E-state index contributed by atoms with van der Waals surface area (Å²) in [5.74, 6) is 0.183. The molecule has 1 fully saturated rings. The SMILES string of the molecule is O=C(c1cccnc1Nc1nc2ccc(Cl)cc2s1)N1CCNC(Cl)C1Cl. The molecule has 1 aromatic carbocycles. The van der Waals surface area contributed by atoms with E-state index in [1.165, 1.54) is 16.2 Å². The third-order valence-corrected chi connectivity index (χ3v) is 6.28. The number of thiazole rings is 1. The van der Waals surface area contributed by atoms with Crippen LogP contribution in [0.5, 0.6) is 0 Å². The zero-order chi connectivity index (χ0) is 19.0. The maximum absolute atomic E-state index is 13.0. The minimum atomic E-state index is -0.648. The Morgan fingerprint density at radius 1 is 1.33 bits per heavy atom. The molecule has 1 aliphatic rings. The van der Waals surface area contributed by atoms with Crippen LogP contribution >= 0.6 is 46.1 Å². The highest BCUT2D eigenvalue weighted by Crippen LogP contribution is 2.31. The second-order valence-electron chi connectivity index (χ2n) is 5.88. The minimum absolute atomic E-state index is 0.234. The number of hydrogen-bond acceptors (Lipinski definition) is 6. The highest BCUT2D eigenvalue weighted by molar-refractivity contribution is 7.22. The quantitative estimate of drug-likeness (QED) is 0.468. The van der Waals surface area contributed by atoms with Crippen molar-refractivity contribution >= 4 is 73.2 Å². The van der Waals surface area contributed by atoms with E-state index in [4.69, 9.17) is 34.8 Å². The molecule has 0 radical (unpaired) electrons. The maximum Gasteiger partial charge on any atom is 0.258 e. The van der Waals surface area contributed by atoms with Crippen LogP contribution in [0.3, 0.4) is 0 Å². The number of carbonyl (C=O) groups excluding carboxylic acids is 1. The maximum atomic E-state index is 13.0. The fourth-order valence-corrected chi connectivity index (χ4v) is 4.46. The van der Waals surface area contributed by atoms with Gasteiger partial charge in [0.25, 0.3) is 5.91 Å². The number of pyridine rings is 1. The summed E-state index contributed by atoms with van der Waals surface area (Å²) in [4.78, 5) is 23.4. The summed E-state index contributed by atoms with van der Waals surface area (Å²) in [6.07, 6.45) is 1.61. The highest BCUT2D eigenvalue weighted by Gasteiger charge is 2.33. The lowest BCUT2D eigenvalue weighted by Gasteiger charge is -2.35. The number of halogens is 3. The van der Waals surface area contributed by atoms with E-state index >= 15 is 0 Å². The molecule has 6 nitrogen and oxygen atoms in total. The lowest BCUT2D eigenvalue weighted by Crippen LogP contribution is -2.55. The number of benzene rings is 1. The number of anilines is 2. The van der Waals surface area contributed by atoms with Gasteiger partial charge < -0.3 is 10.2 Å². The van der Waals surface area contributed by atoms with Gasteiger partial charge in [-0.15, -0.1) is 11.6 Å². The Morgan fingerprint density at radius 2 is 2.19 bits per heavy atom. The zero-order valence-electron chi connectivity index (χ0n) is 13.8. The monoisotopic (exact) mass is 441 g/mol. The predicted octanol–water partition coefficient (Wildman–Crippen LogP) is 4.26. The van der Waals surface area contributed by atoms with Gasteiger partial charge in [-0.05, 0) is 30.3 Å². The van der Waals surface area contributed by atoms with E-state index < -0.39 is 11.0 Å². The summed E-state index contributed by atoms with van der Waals surface area (Å²) in [5, 5.41) is 7.44. The molecule has 2 atom stereocenters. The molecule has 1 saturated heterocycles. The Bertz CT molecular complexity index is 998. The normalized spacial score (nSPS) is 20.0. The van der Waals surface area contributed by atoms with Gasteiger partial charge in [0.2, 0.25) is 0 Å². The number of aromatic nitrogens is 2. The lowest BCUT2D eigenvalue weighted by molar-refractivity contribution is 0.0694. The van der Waals surface area contributed by atoms with Crippen LogP contribution in [0, 0.1) is 0 Å². The van der Waals surface area contributed by atoms with Gasteiger partial charge >= 0.3 is 0 Å². The number of piperazine rings is 1. The molecule has 4 rings (SSSR count). The Balaban J connectivity index is 1.63. The molecule has 0 bridgehead atoms. The fraction of sp³-hybridized carbons (Fsp3) is 0.235. The van der Waals surface area contributed by atoms with E-state index in [0.717, 1.165) is 10.2 Å². The summed E-state index contributed by atoms with van der Waals surface area (Å²) in [7, 11) is 0. The van der Waals surface area contributed by atoms with Gasteiger partial charge in [0.15, 0.2) is 5.13 Å². The van der Waals surface area contributed by atoms with E-state index in [0.29, 0.717) is 34.6 Å². The average Bonchev–Trinajstić information content (AvgIpc) is 3.05. The molecule has 1 amide bonds. The van der Waals surface area contributed by atoms with Gasteiger partial charge in [-0.1, -0.05) is 34.5 Å². The third kappa shape index (κ3) is 3.83. The minimum Gasteiger partial charge on any atom is -0.318 e. The predicted molar refractivity (Wildman–Crippen MR) is 110 cm³/mol. The largest absolute Gasteiger partial charge is 0.318 e. The van der Waals surface area contributed by atoms with Gasteiger partial charge in [0.05, 0.1) is 15.8 Å². The first-order valence-electron chi connectivity index (χ1n) is 8.13. The van der Waals surface area contributed by atoms with Crippen molar-refractivity contribution in [3.8, 4) is 0 Å². The molecule has 0 aliphatic carbocycles. The van der Waals surface area contributed by atoms with Crippen molar-refractivity contribution in [3.05, 3.63) is 47.1 Å². The van der Waals surface area contributed by atoms with Gasteiger partial charge in [-0.2, -0.15) is 0 Å². The molecule has 0 saturated carbocycles. The molecule has 2 aromatic heterocycles. The first-order chi connectivity index (χ1) is 13.0. The topological polar surface area (TPSA) is 70.2 Å². The number of rotatable bonds is 3. The van der Waals surface area contributed by atoms with Crippen LogP contribution in [0.15, 0.2) is 36.5 Å². The number of nitrogens with one attached hydrogen (secondary N) is 2. The molecular formula is C17H14Cl3N5OS. The van der Waals surface area contributed by atoms with Crippen LogP contribution in [-0.2, 0) is 0 Å². The Labute approximate surface area is 174 Å². The summed E-state index contributed by atoms with van der Waals surface area (Å²) in [6.45, 7) is 1.04. The second-order valence-corrected chi connectivity index (χ2v) is 8.27. The Morgan fingerprint density at radius 3 is 3.04 bits per heavy atom. The smallest absolute Gasteiger partial charge is 0.258 e. The number of carbonyl (C=O) groups is 1. The van der Waals surface area contributed by atoms with E-state index in [1.54, 1.807) is 24.4 Å². The second kappa shape index (κ2) is 7.77. The van der Waals surface area contributed by atoms with Crippen LogP contribution in [0.1, 0.15) is 10.4 Å². The van der Waals surface area contributed by atoms with Crippen LogP contribution < -0.4 is 10.6 Å². The van der Waals surface area contributed by atoms with Crippen molar-refractivity contribution in [1.82, 2.24) is 20.2 Å². The lowest BCUT2D eigenvalue weighted by atomic mass is 10.2. The molecule has 3 aromatic rings. The third-order valence-electron chi connectivity index (χ3n) is 4.11. The van der Waals surface area contributed by atoms with Crippen molar-refractivity contribution in [2.75, 3.05) is 18.4 Å². The van der Waals surface area contributed by atoms with Crippen LogP contribution in [0.25, 0.3) is 10.2 Å². The summed E-state index contributed by atoms with van der Waals surface area (Å²) in [6, 6.07) is 8.90. The summed E-state index contributed by atoms with van der Waals surface area (Å²) >= 11 is 19.9. The standard InChI is InChI=1S/C17H14Cl3N5OS/c18-9-3-4-11-12(8-9)27-17(23-11)24-15-10(2-1-5-22-15)16(26)25-7-6-21-13(19)14(25)20/h1-5,8,13-14,21H,6-7H2,(H,22,23,24).